The Morgan fingerprint density at radius 2 is 1.92 bits per heavy atom. The van der Waals surface area contributed by atoms with Gasteiger partial charge in [0.1, 0.15) is 5.82 Å². The maximum atomic E-state index is 5.70. The van der Waals surface area contributed by atoms with Crippen molar-refractivity contribution in [3.8, 4) is 0 Å². The van der Waals surface area contributed by atoms with Crippen molar-refractivity contribution >= 4 is 38.6 Å². The number of anilines is 2. The SMILES string of the molecule is Nc1nc(N)c2c(Br)cccc2n1. The summed E-state index contributed by atoms with van der Waals surface area (Å²) in [6, 6.07) is 5.60. The number of rotatable bonds is 0. The second-order valence-electron chi connectivity index (χ2n) is 2.60. The molecule has 2 aromatic rings. The summed E-state index contributed by atoms with van der Waals surface area (Å²) in [6.07, 6.45) is 0. The predicted octanol–water partition coefficient (Wildman–Crippen LogP) is 1.56. The van der Waals surface area contributed by atoms with Crippen LogP contribution in [0.1, 0.15) is 0 Å². The van der Waals surface area contributed by atoms with Crippen molar-refractivity contribution in [1.29, 1.82) is 0 Å². The highest BCUT2D eigenvalue weighted by Crippen LogP contribution is 2.26. The molecule has 1 heterocycles. The topological polar surface area (TPSA) is 77.8 Å². The average molecular weight is 239 g/mol. The van der Waals surface area contributed by atoms with Crippen molar-refractivity contribution in [2.24, 2.45) is 0 Å². The van der Waals surface area contributed by atoms with E-state index in [1.165, 1.54) is 0 Å². The van der Waals surface area contributed by atoms with Gasteiger partial charge in [-0.25, -0.2) is 4.98 Å². The van der Waals surface area contributed by atoms with Crippen molar-refractivity contribution in [1.82, 2.24) is 9.97 Å². The van der Waals surface area contributed by atoms with Crippen LogP contribution in [0.25, 0.3) is 10.9 Å². The van der Waals surface area contributed by atoms with Crippen LogP contribution in [0.2, 0.25) is 0 Å². The molecule has 0 aliphatic rings. The van der Waals surface area contributed by atoms with Crippen LogP contribution in [0.3, 0.4) is 0 Å². The molecule has 5 heteroatoms. The Hall–Kier alpha value is -1.36. The van der Waals surface area contributed by atoms with E-state index in [1.807, 2.05) is 18.2 Å². The van der Waals surface area contributed by atoms with Crippen molar-refractivity contribution in [3.63, 3.8) is 0 Å². The van der Waals surface area contributed by atoms with Gasteiger partial charge in [0, 0.05) is 4.47 Å². The molecule has 0 unspecified atom stereocenters. The summed E-state index contributed by atoms with van der Waals surface area (Å²) in [5, 5.41) is 0.803. The predicted molar refractivity (Wildman–Crippen MR) is 56.1 cm³/mol. The molecule has 0 amide bonds. The number of nitrogen functional groups attached to an aromatic ring is 2. The monoisotopic (exact) mass is 238 g/mol. The number of hydrogen-bond acceptors (Lipinski definition) is 4. The molecule has 66 valence electrons. The van der Waals surface area contributed by atoms with Crippen LogP contribution in [-0.2, 0) is 0 Å². The summed E-state index contributed by atoms with van der Waals surface area (Å²) in [5.41, 5.74) is 11.9. The van der Waals surface area contributed by atoms with Crippen molar-refractivity contribution in [2.75, 3.05) is 11.5 Å². The van der Waals surface area contributed by atoms with E-state index in [0.29, 0.717) is 5.82 Å². The van der Waals surface area contributed by atoms with Crippen LogP contribution < -0.4 is 11.5 Å². The van der Waals surface area contributed by atoms with Crippen LogP contribution in [0, 0.1) is 0 Å². The van der Waals surface area contributed by atoms with Gasteiger partial charge < -0.3 is 11.5 Å². The Morgan fingerprint density at radius 3 is 2.69 bits per heavy atom. The van der Waals surface area contributed by atoms with Crippen LogP contribution >= 0.6 is 15.9 Å². The normalized spacial score (nSPS) is 10.5. The third-order valence-electron chi connectivity index (χ3n) is 1.72. The number of aromatic nitrogens is 2. The van der Waals surface area contributed by atoms with E-state index in [4.69, 9.17) is 11.5 Å². The van der Waals surface area contributed by atoms with E-state index < -0.39 is 0 Å². The number of fused-ring (bicyclic) bond motifs is 1. The first-order valence-electron chi connectivity index (χ1n) is 3.65. The van der Waals surface area contributed by atoms with Gasteiger partial charge in [0.05, 0.1) is 10.9 Å². The Kier molecular flexibility index (Phi) is 1.81. The van der Waals surface area contributed by atoms with Gasteiger partial charge in [-0.3, -0.25) is 0 Å². The molecule has 0 bridgehead atoms. The largest absolute Gasteiger partial charge is 0.383 e. The van der Waals surface area contributed by atoms with Crippen molar-refractivity contribution in [3.05, 3.63) is 22.7 Å². The lowest BCUT2D eigenvalue weighted by molar-refractivity contribution is 1.24. The molecule has 0 saturated carbocycles. The molecule has 0 aliphatic heterocycles. The van der Waals surface area contributed by atoms with E-state index in [1.54, 1.807) is 0 Å². The molecule has 0 aliphatic carbocycles. The summed E-state index contributed by atoms with van der Waals surface area (Å²) < 4.78 is 0.877. The van der Waals surface area contributed by atoms with Crippen LogP contribution in [0.5, 0.6) is 0 Å². The molecular weight excluding hydrogens is 232 g/mol. The maximum absolute atomic E-state index is 5.70. The maximum Gasteiger partial charge on any atom is 0.222 e. The fourth-order valence-electron chi connectivity index (χ4n) is 1.19. The van der Waals surface area contributed by atoms with Crippen molar-refractivity contribution < 1.29 is 0 Å². The molecule has 1 aromatic carbocycles. The first-order valence-corrected chi connectivity index (χ1v) is 4.45. The van der Waals surface area contributed by atoms with Gasteiger partial charge in [-0.2, -0.15) is 4.98 Å². The van der Waals surface area contributed by atoms with Gasteiger partial charge in [-0.1, -0.05) is 6.07 Å². The summed E-state index contributed by atoms with van der Waals surface area (Å²) in [4.78, 5) is 7.93. The van der Waals surface area contributed by atoms with Gasteiger partial charge >= 0.3 is 0 Å². The molecule has 4 nitrogen and oxygen atoms in total. The number of hydrogen-bond donors (Lipinski definition) is 2. The first-order chi connectivity index (χ1) is 6.18. The van der Waals surface area contributed by atoms with E-state index in [9.17, 15) is 0 Å². The zero-order valence-corrected chi connectivity index (χ0v) is 8.25. The van der Waals surface area contributed by atoms with Gasteiger partial charge in [-0.05, 0) is 28.1 Å². The molecule has 0 fully saturated rings. The van der Waals surface area contributed by atoms with Crippen LogP contribution in [-0.4, -0.2) is 9.97 Å². The zero-order valence-electron chi connectivity index (χ0n) is 6.66. The van der Waals surface area contributed by atoms with Crippen LogP contribution in [0.4, 0.5) is 11.8 Å². The van der Waals surface area contributed by atoms with Gasteiger partial charge in [0.15, 0.2) is 0 Å². The minimum absolute atomic E-state index is 0.197. The number of halogens is 1. The van der Waals surface area contributed by atoms with E-state index in [-0.39, 0.29) is 5.95 Å². The Morgan fingerprint density at radius 1 is 1.15 bits per heavy atom. The lowest BCUT2D eigenvalue weighted by Gasteiger charge is -2.03. The molecule has 1 aromatic heterocycles. The average Bonchev–Trinajstić information content (AvgIpc) is 2.02. The second kappa shape index (κ2) is 2.85. The van der Waals surface area contributed by atoms with Gasteiger partial charge in [0.25, 0.3) is 0 Å². The smallest absolute Gasteiger partial charge is 0.222 e. The second-order valence-corrected chi connectivity index (χ2v) is 3.46. The third kappa shape index (κ3) is 1.31. The van der Waals surface area contributed by atoms with Gasteiger partial charge in [-0.15, -0.1) is 0 Å². The minimum atomic E-state index is 0.197. The molecule has 2 rings (SSSR count). The fraction of sp³-hybridized carbons (Fsp3) is 0. The standard InChI is InChI=1S/C8H7BrN4/c9-4-2-1-3-5-6(4)7(10)13-8(11)12-5/h1-3H,(H4,10,11,12,13). The highest BCUT2D eigenvalue weighted by Gasteiger charge is 2.05. The lowest BCUT2D eigenvalue weighted by atomic mass is 10.2. The first kappa shape index (κ1) is 8.25. The Labute approximate surface area is 83.1 Å². The van der Waals surface area contributed by atoms with E-state index >= 15 is 0 Å². The Balaban J connectivity index is 2.94. The molecule has 4 N–H and O–H groups in total. The summed E-state index contributed by atoms with van der Waals surface area (Å²) >= 11 is 3.37. The summed E-state index contributed by atoms with van der Waals surface area (Å²) in [7, 11) is 0. The molecule has 0 spiro atoms. The fourth-order valence-corrected chi connectivity index (χ4v) is 1.75. The summed E-state index contributed by atoms with van der Waals surface area (Å²) in [6.45, 7) is 0. The number of nitrogens with two attached hydrogens (primary N) is 2. The van der Waals surface area contributed by atoms with E-state index in [0.717, 1.165) is 15.4 Å². The number of nitrogens with zero attached hydrogens (tertiary/aromatic N) is 2. The summed E-state index contributed by atoms with van der Waals surface area (Å²) in [5.74, 6) is 0.595. The quantitative estimate of drug-likeness (QED) is 0.731. The minimum Gasteiger partial charge on any atom is -0.383 e. The molecule has 0 atom stereocenters. The molecule has 13 heavy (non-hydrogen) atoms. The zero-order chi connectivity index (χ0) is 9.42. The molecular formula is C8H7BrN4. The van der Waals surface area contributed by atoms with Crippen LogP contribution in [0.15, 0.2) is 22.7 Å². The highest BCUT2D eigenvalue weighted by atomic mass is 79.9. The lowest BCUT2D eigenvalue weighted by Crippen LogP contribution is -2.00. The highest BCUT2D eigenvalue weighted by molar-refractivity contribution is 9.10. The van der Waals surface area contributed by atoms with Crippen molar-refractivity contribution in [2.45, 2.75) is 0 Å². The Bertz CT molecular complexity index is 469. The molecule has 0 saturated heterocycles. The third-order valence-corrected chi connectivity index (χ3v) is 2.38. The number of benzene rings is 1. The van der Waals surface area contributed by atoms with Gasteiger partial charge in [0.2, 0.25) is 5.95 Å². The van der Waals surface area contributed by atoms with E-state index in [2.05, 4.69) is 25.9 Å². The molecule has 0 radical (unpaired) electrons.